The maximum Gasteiger partial charge on any atom is 0.305 e. The second kappa shape index (κ2) is 10.3. The number of aliphatic hydroxyl groups excluding tert-OH is 2. The number of ether oxygens (including phenoxy) is 1. The van der Waals surface area contributed by atoms with Gasteiger partial charge in [-0.15, -0.1) is 0 Å². The van der Waals surface area contributed by atoms with E-state index in [-0.39, 0.29) is 36.8 Å². The highest BCUT2D eigenvalue weighted by atomic mass is 16.5. The predicted molar refractivity (Wildman–Crippen MR) is 165 cm³/mol. The summed E-state index contributed by atoms with van der Waals surface area (Å²) in [7, 11) is 1.41. The van der Waals surface area contributed by atoms with E-state index >= 15 is 0 Å². The molecule has 0 spiro atoms. The molecule has 0 aromatic heterocycles. The Kier molecular flexibility index (Phi) is 6.92. The standard InChI is InChI=1S/C34H38N4O4/c1-8-20-15(2)24-12-28-22(14-39)17(4)23(36-28)11-25-16(3)21(9-10-29(40)42-7)32(37-25)30-19(6)34(41)31-18(5)26(38-33(30)31)13-27(20)35-24/h11-13,16,19,21,37,39,41H,8-10,14H2,1-7H3/t16-,19+,21-/m0/s1. The van der Waals surface area contributed by atoms with Gasteiger partial charge in [0.05, 0.1) is 47.9 Å². The fraction of sp³-hybridized carbons (Fsp3) is 0.412. The van der Waals surface area contributed by atoms with Crippen molar-refractivity contribution in [3.05, 3.63) is 91.5 Å². The summed E-state index contributed by atoms with van der Waals surface area (Å²) in [6.45, 7) is 12.2. The average molecular weight is 567 g/mol. The van der Waals surface area contributed by atoms with Crippen LogP contribution >= 0.6 is 0 Å². The Morgan fingerprint density at radius 1 is 0.976 bits per heavy atom. The Labute approximate surface area is 246 Å². The molecule has 0 aromatic carbocycles. The molecule has 0 radical (unpaired) electrons. The van der Waals surface area contributed by atoms with Crippen molar-refractivity contribution < 1.29 is 19.7 Å². The van der Waals surface area contributed by atoms with Gasteiger partial charge in [0.15, 0.2) is 0 Å². The van der Waals surface area contributed by atoms with Crippen molar-refractivity contribution in [3.63, 3.8) is 0 Å². The van der Waals surface area contributed by atoms with Gasteiger partial charge in [-0.1, -0.05) is 20.8 Å². The van der Waals surface area contributed by atoms with Crippen molar-refractivity contribution in [1.29, 1.82) is 0 Å². The quantitative estimate of drug-likeness (QED) is 0.361. The summed E-state index contributed by atoms with van der Waals surface area (Å²) < 4.78 is 4.98. The van der Waals surface area contributed by atoms with E-state index in [1.54, 1.807) is 0 Å². The zero-order valence-corrected chi connectivity index (χ0v) is 25.3. The highest BCUT2D eigenvalue weighted by molar-refractivity contribution is 6.21. The number of aliphatic hydroxyl groups is 2. The van der Waals surface area contributed by atoms with Crippen molar-refractivity contribution in [2.75, 3.05) is 13.7 Å². The van der Waals surface area contributed by atoms with Crippen LogP contribution in [0.15, 0.2) is 106 Å². The highest BCUT2D eigenvalue weighted by Crippen LogP contribution is 2.48. The van der Waals surface area contributed by atoms with Gasteiger partial charge in [0.25, 0.3) is 0 Å². The number of hydrogen-bond donors (Lipinski definition) is 3. The fourth-order valence-electron chi connectivity index (χ4n) is 6.99. The number of carbonyl (C=O) groups is 1. The molecule has 8 bridgehead atoms. The molecule has 3 N–H and O–H groups in total. The molecule has 8 heteroatoms. The van der Waals surface area contributed by atoms with Gasteiger partial charge in [0.2, 0.25) is 0 Å². The second-order valence-electron chi connectivity index (χ2n) is 11.8. The largest absolute Gasteiger partial charge is 0.511 e. The van der Waals surface area contributed by atoms with Crippen LogP contribution in [0.5, 0.6) is 0 Å². The van der Waals surface area contributed by atoms with Gasteiger partial charge >= 0.3 is 5.97 Å². The molecule has 0 aromatic rings. The van der Waals surface area contributed by atoms with Crippen molar-refractivity contribution in [2.45, 2.75) is 60.8 Å². The lowest BCUT2D eigenvalue weighted by atomic mass is 9.84. The lowest BCUT2D eigenvalue weighted by molar-refractivity contribution is -0.140. The minimum absolute atomic E-state index is 0.0153. The van der Waals surface area contributed by atoms with Crippen molar-refractivity contribution in [2.24, 2.45) is 32.7 Å². The molecule has 0 unspecified atom stereocenters. The topological polar surface area (TPSA) is 116 Å². The zero-order valence-electron chi connectivity index (χ0n) is 25.3. The van der Waals surface area contributed by atoms with Crippen molar-refractivity contribution >= 4 is 23.1 Å². The first-order chi connectivity index (χ1) is 20.1. The maximum absolute atomic E-state index is 12.2. The number of esters is 1. The van der Waals surface area contributed by atoms with Crippen LogP contribution in [0, 0.1) is 17.8 Å². The fourth-order valence-corrected chi connectivity index (χ4v) is 6.99. The van der Waals surface area contributed by atoms with E-state index in [0.717, 1.165) is 91.1 Å². The smallest absolute Gasteiger partial charge is 0.305 e. The SMILES string of the molecule is CCC1=C(C)C2=NC1=CC1=C(C)C3=C(O)[C@H](C)C(=C4NC(=CC5=NC(=C2)C(CO)=C5C)[C@@H](C)[C@@H]4CCC(=O)OC)C3=N1. The van der Waals surface area contributed by atoms with E-state index < -0.39 is 0 Å². The monoisotopic (exact) mass is 566 g/mol. The third kappa shape index (κ3) is 4.15. The Bertz CT molecular complexity index is 1680. The average Bonchev–Trinajstić information content (AvgIpc) is 3.69. The number of fused-ring (bicyclic) bond motifs is 5. The number of methoxy groups -OCH3 is 1. The number of rotatable bonds is 5. The summed E-state index contributed by atoms with van der Waals surface area (Å²) in [5, 5.41) is 25.5. The van der Waals surface area contributed by atoms with Gasteiger partial charge < -0.3 is 20.3 Å². The lowest BCUT2D eigenvalue weighted by Gasteiger charge is -2.19. The second-order valence-corrected chi connectivity index (χ2v) is 11.8. The van der Waals surface area contributed by atoms with Gasteiger partial charge in [0, 0.05) is 52.3 Å². The van der Waals surface area contributed by atoms with Crippen LogP contribution in [-0.4, -0.2) is 47.0 Å². The molecule has 6 rings (SSSR count). The summed E-state index contributed by atoms with van der Waals surface area (Å²) in [5.74, 6) is -0.150. The van der Waals surface area contributed by atoms with E-state index in [1.807, 2.05) is 32.9 Å². The minimum atomic E-state index is -0.249. The van der Waals surface area contributed by atoms with E-state index in [0.29, 0.717) is 12.2 Å². The van der Waals surface area contributed by atoms with Crippen LogP contribution < -0.4 is 5.32 Å². The van der Waals surface area contributed by atoms with Crippen LogP contribution in [0.4, 0.5) is 0 Å². The molecule has 218 valence electrons. The molecule has 1 fully saturated rings. The first kappa shape index (κ1) is 28.1. The lowest BCUT2D eigenvalue weighted by Crippen LogP contribution is -2.18. The summed E-state index contributed by atoms with van der Waals surface area (Å²) in [5.41, 5.74) is 13.3. The molecule has 5 heterocycles. The summed E-state index contributed by atoms with van der Waals surface area (Å²) in [6.07, 6.45) is 7.73. The van der Waals surface area contributed by atoms with Crippen LogP contribution in [-0.2, 0) is 9.53 Å². The van der Waals surface area contributed by atoms with E-state index in [4.69, 9.17) is 19.7 Å². The Hall–Kier alpha value is -4.04. The third-order valence-electron chi connectivity index (χ3n) is 9.63. The van der Waals surface area contributed by atoms with Crippen molar-refractivity contribution in [3.8, 4) is 0 Å². The summed E-state index contributed by atoms with van der Waals surface area (Å²) in [6, 6.07) is 0. The predicted octanol–water partition coefficient (Wildman–Crippen LogP) is 5.85. The molecule has 0 amide bonds. The first-order valence-electron chi connectivity index (χ1n) is 14.7. The molecule has 5 aliphatic heterocycles. The maximum atomic E-state index is 12.2. The van der Waals surface area contributed by atoms with Gasteiger partial charge in [0.1, 0.15) is 5.76 Å². The normalized spacial score (nSPS) is 26.5. The molecular weight excluding hydrogens is 528 g/mol. The van der Waals surface area contributed by atoms with Gasteiger partial charge in [-0.25, -0.2) is 15.0 Å². The summed E-state index contributed by atoms with van der Waals surface area (Å²) >= 11 is 0. The number of aliphatic imine (C=N–C) groups is 3. The molecule has 1 saturated heterocycles. The molecule has 0 saturated carbocycles. The zero-order chi connectivity index (χ0) is 30.0. The van der Waals surface area contributed by atoms with Crippen LogP contribution in [0.25, 0.3) is 0 Å². The molecule has 42 heavy (non-hydrogen) atoms. The number of nitrogens with zero attached hydrogens (tertiary/aromatic N) is 3. The van der Waals surface area contributed by atoms with Gasteiger partial charge in [-0.3, -0.25) is 4.79 Å². The van der Waals surface area contributed by atoms with E-state index in [2.05, 4.69) is 32.2 Å². The number of carbonyl (C=O) groups excluding carboxylic acids is 1. The van der Waals surface area contributed by atoms with Crippen LogP contribution in [0.2, 0.25) is 0 Å². The Morgan fingerprint density at radius 3 is 2.31 bits per heavy atom. The molecular formula is C34H38N4O4. The number of nitrogens with one attached hydrogen (secondary N) is 1. The number of allylic oxidation sites excluding steroid dienone is 11. The van der Waals surface area contributed by atoms with Gasteiger partial charge in [-0.2, -0.15) is 0 Å². The molecule has 8 nitrogen and oxygen atoms in total. The van der Waals surface area contributed by atoms with Gasteiger partial charge in [-0.05, 0) is 74.1 Å². The van der Waals surface area contributed by atoms with E-state index in [9.17, 15) is 15.0 Å². The van der Waals surface area contributed by atoms with Crippen molar-refractivity contribution in [1.82, 2.24) is 5.32 Å². The summed E-state index contributed by atoms with van der Waals surface area (Å²) in [4.78, 5) is 27.3. The number of hydrogen-bond acceptors (Lipinski definition) is 8. The first-order valence-corrected chi connectivity index (χ1v) is 14.7. The van der Waals surface area contributed by atoms with Crippen LogP contribution in [0.3, 0.4) is 0 Å². The molecule has 1 aliphatic carbocycles. The molecule has 6 aliphatic rings. The molecule has 3 atom stereocenters. The third-order valence-corrected chi connectivity index (χ3v) is 9.63. The Balaban J connectivity index is 1.62. The van der Waals surface area contributed by atoms with Crippen LogP contribution in [0.1, 0.15) is 60.8 Å². The van der Waals surface area contributed by atoms with E-state index in [1.165, 1.54) is 7.11 Å². The minimum Gasteiger partial charge on any atom is -0.511 e. The Morgan fingerprint density at radius 2 is 1.64 bits per heavy atom. The highest BCUT2D eigenvalue weighted by Gasteiger charge is 2.44.